The monoisotopic (exact) mass is 562 g/mol. The average Bonchev–Trinajstić information content (AvgIpc) is 2.92. The Bertz CT molecular complexity index is 1490. The number of nitrogens with two attached hydrogens (primary N) is 1. The van der Waals surface area contributed by atoms with Gasteiger partial charge >= 0.3 is 6.09 Å². The van der Waals surface area contributed by atoms with E-state index in [1.807, 2.05) is 30.4 Å². The highest BCUT2D eigenvalue weighted by Crippen LogP contribution is 2.27. The molecule has 0 radical (unpaired) electrons. The fourth-order valence-electron chi connectivity index (χ4n) is 4.22. The molecule has 0 saturated carbocycles. The summed E-state index contributed by atoms with van der Waals surface area (Å²) in [6.07, 6.45) is 7.40. The van der Waals surface area contributed by atoms with Gasteiger partial charge in [-0.25, -0.2) is 23.2 Å². The van der Waals surface area contributed by atoms with Crippen LogP contribution in [0, 0.1) is 5.41 Å². The minimum absolute atomic E-state index is 0.0141. The second-order valence-electron chi connectivity index (χ2n) is 10.6. The fraction of sp³-hybridized carbons (Fsp3) is 0.310. The van der Waals surface area contributed by atoms with Gasteiger partial charge in [0.15, 0.2) is 9.84 Å². The molecule has 0 spiro atoms. The van der Waals surface area contributed by atoms with E-state index in [1.165, 1.54) is 0 Å². The largest absolute Gasteiger partial charge is 0.444 e. The summed E-state index contributed by atoms with van der Waals surface area (Å²) in [5.74, 6) is 0.390. The third kappa shape index (κ3) is 7.44. The van der Waals surface area contributed by atoms with E-state index in [0.717, 1.165) is 11.1 Å². The Morgan fingerprint density at radius 3 is 2.27 bits per heavy atom. The number of amidine groups is 1. The Kier molecular flexibility index (Phi) is 8.53. The molecule has 2 aromatic carbocycles. The number of ether oxygens (including phenoxy) is 1. The molecule has 0 bridgehead atoms. The first-order valence-corrected chi connectivity index (χ1v) is 14.5. The summed E-state index contributed by atoms with van der Waals surface area (Å²) in [7, 11) is -3.54. The number of aromatic nitrogens is 2. The number of nitrogens with zero attached hydrogens (tertiary/aromatic N) is 3. The number of likely N-dealkylation sites (tertiary alicyclic amines) is 1. The minimum atomic E-state index is -3.54. The average molecular weight is 563 g/mol. The van der Waals surface area contributed by atoms with Gasteiger partial charge in [-0.1, -0.05) is 30.4 Å². The van der Waals surface area contributed by atoms with E-state index in [2.05, 4.69) is 15.3 Å². The van der Waals surface area contributed by atoms with Crippen molar-refractivity contribution < 1.29 is 17.9 Å². The molecule has 2 heterocycles. The molecule has 1 aliphatic heterocycles. The van der Waals surface area contributed by atoms with Crippen LogP contribution < -0.4 is 11.1 Å². The lowest BCUT2D eigenvalue weighted by molar-refractivity contribution is 0.0217. The maximum absolute atomic E-state index is 13.2. The zero-order chi connectivity index (χ0) is 28.9. The van der Waals surface area contributed by atoms with Crippen LogP contribution in [0.25, 0.3) is 12.2 Å². The number of piperidine rings is 1. The number of carbonyl (C=O) groups is 1. The molecule has 40 heavy (non-hydrogen) atoms. The molecule has 3 aromatic rings. The Morgan fingerprint density at radius 1 is 1.05 bits per heavy atom. The molecule has 0 atom stereocenters. The molecule has 4 N–H and O–H groups in total. The van der Waals surface area contributed by atoms with Gasteiger partial charge < -0.3 is 20.7 Å². The number of sulfone groups is 1. The smallest absolute Gasteiger partial charge is 0.410 e. The fourth-order valence-corrected chi connectivity index (χ4v) is 5.95. The maximum atomic E-state index is 13.2. The quantitative estimate of drug-likeness (QED) is 0.273. The molecule has 1 amide bonds. The van der Waals surface area contributed by atoms with Gasteiger partial charge in [-0.3, -0.25) is 5.41 Å². The molecular formula is C29H34N6O4S. The van der Waals surface area contributed by atoms with Gasteiger partial charge in [0.05, 0.1) is 10.1 Å². The van der Waals surface area contributed by atoms with Crippen LogP contribution in [0.3, 0.4) is 0 Å². The molecule has 4 rings (SSSR count). The third-order valence-electron chi connectivity index (χ3n) is 6.31. The summed E-state index contributed by atoms with van der Waals surface area (Å²) in [5, 5.41) is 10.1. The summed E-state index contributed by atoms with van der Waals surface area (Å²) in [6, 6.07) is 13.9. The summed E-state index contributed by atoms with van der Waals surface area (Å²) in [5.41, 5.74) is 7.96. The number of hydrogen-bond acceptors (Lipinski definition) is 8. The second-order valence-corrected chi connectivity index (χ2v) is 12.8. The van der Waals surface area contributed by atoms with Gasteiger partial charge in [0.25, 0.3) is 0 Å². The third-order valence-corrected chi connectivity index (χ3v) is 8.59. The Hall–Kier alpha value is -4.25. The van der Waals surface area contributed by atoms with Crippen LogP contribution in [0.2, 0.25) is 0 Å². The van der Waals surface area contributed by atoms with Crippen LogP contribution in [0.4, 0.5) is 16.4 Å². The van der Waals surface area contributed by atoms with E-state index in [-0.39, 0.29) is 10.7 Å². The van der Waals surface area contributed by atoms with E-state index >= 15 is 0 Å². The lowest BCUT2D eigenvalue weighted by Crippen LogP contribution is -2.44. The van der Waals surface area contributed by atoms with Gasteiger partial charge in [0.1, 0.15) is 11.4 Å². The second kappa shape index (κ2) is 11.9. The Morgan fingerprint density at radius 2 is 1.68 bits per heavy atom. The first-order chi connectivity index (χ1) is 18.9. The van der Waals surface area contributed by atoms with Crippen molar-refractivity contribution in [1.29, 1.82) is 5.41 Å². The van der Waals surface area contributed by atoms with Crippen LogP contribution in [-0.2, 0) is 14.6 Å². The highest BCUT2D eigenvalue weighted by atomic mass is 32.2. The minimum Gasteiger partial charge on any atom is -0.444 e. The van der Waals surface area contributed by atoms with Crippen LogP contribution in [0.5, 0.6) is 0 Å². The molecular weight excluding hydrogens is 528 g/mol. The molecule has 1 saturated heterocycles. The lowest BCUT2D eigenvalue weighted by atomic mass is 10.1. The van der Waals surface area contributed by atoms with E-state index in [4.69, 9.17) is 15.9 Å². The van der Waals surface area contributed by atoms with Crippen molar-refractivity contribution in [3.63, 3.8) is 0 Å². The molecule has 0 unspecified atom stereocenters. The van der Waals surface area contributed by atoms with Crippen molar-refractivity contribution in [2.75, 3.05) is 18.4 Å². The zero-order valence-electron chi connectivity index (χ0n) is 22.8. The summed E-state index contributed by atoms with van der Waals surface area (Å²) in [6.45, 7) is 6.09. The van der Waals surface area contributed by atoms with Crippen molar-refractivity contribution in [1.82, 2.24) is 14.9 Å². The van der Waals surface area contributed by atoms with Crippen LogP contribution >= 0.6 is 0 Å². The zero-order valence-corrected chi connectivity index (χ0v) is 23.6. The maximum Gasteiger partial charge on any atom is 0.410 e. The number of rotatable bonds is 7. The van der Waals surface area contributed by atoms with Gasteiger partial charge in [0, 0.05) is 42.3 Å². The van der Waals surface area contributed by atoms with Crippen molar-refractivity contribution in [3.05, 3.63) is 77.6 Å². The number of anilines is 2. The Balaban J connectivity index is 1.33. The van der Waals surface area contributed by atoms with Gasteiger partial charge in [0.2, 0.25) is 5.95 Å². The first-order valence-electron chi connectivity index (χ1n) is 12.9. The number of carbonyl (C=O) groups excluding carboxylic acids is 1. The van der Waals surface area contributed by atoms with Crippen molar-refractivity contribution in [2.45, 2.75) is 49.4 Å². The predicted molar refractivity (Wildman–Crippen MR) is 156 cm³/mol. The van der Waals surface area contributed by atoms with Crippen molar-refractivity contribution >= 4 is 45.6 Å². The molecule has 1 fully saturated rings. The lowest BCUT2D eigenvalue weighted by Gasteiger charge is -2.33. The van der Waals surface area contributed by atoms with Crippen molar-refractivity contribution in [2.24, 2.45) is 5.73 Å². The number of nitrogens with one attached hydrogen (secondary N) is 2. The molecule has 0 aliphatic carbocycles. The summed E-state index contributed by atoms with van der Waals surface area (Å²) < 4.78 is 31.8. The van der Waals surface area contributed by atoms with Crippen LogP contribution in [0.15, 0.2) is 65.8 Å². The van der Waals surface area contributed by atoms with Gasteiger partial charge in [-0.15, -0.1) is 0 Å². The molecule has 210 valence electrons. The van der Waals surface area contributed by atoms with Gasteiger partial charge in [-0.2, -0.15) is 0 Å². The molecule has 1 aliphatic rings. The highest BCUT2D eigenvalue weighted by molar-refractivity contribution is 7.92. The highest BCUT2D eigenvalue weighted by Gasteiger charge is 2.34. The topological polar surface area (TPSA) is 151 Å². The molecule has 11 heteroatoms. The van der Waals surface area contributed by atoms with Crippen molar-refractivity contribution in [3.8, 4) is 0 Å². The molecule has 10 nitrogen and oxygen atoms in total. The van der Waals surface area contributed by atoms with Gasteiger partial charge in [-0.05, 0) is 69.5 Å². The van der Waals surface area contributed by atoms with E-state index in [1.54, 1.807) is 68.4 Å². The first kappa shape index (κ1) is 28.8. The van der Waals surface area contributed by atoms with E-state index < -0.39 is 26.8 Å². The SMILES string of the molecule is CC(C)(C)OC(=O)N1CCC(S(=O)(=O)c2ccc(Nc3ncc(C=Cc4cccc(C(=N)N)c4)cn3)cc2)CC1. The summed E-state index contributed by atoms with van der Waals surface area (Å²) in [4.78, 5) is 22.8. The van der Waals surface area contributed by atoms with Crippen LogP contribution in [0.1, 0.15) is 50.3 Å². The van der Waals surface area contributed by atoms with Crippen LogP contribution in [-0.4, -0.2) is 59.2 Å². The standard InChI is InChI=1S/C29H34N6O4S/c1-29(2,3)39-28(36)35-15-13-25(14-16-35)40(37,38)24-11-9-23(10-12-24)34-27-32-18-21(19-33-27)8-7-20-5-4-6-22(17-20)26(30)31/h4-12,17-19,25H,13-16H2,1-3H3,(H3,30,31)(H,32,33,34). The number of benzene rings is 2. The number of amides is 1. The molecule has 1 aromatic heterocycles. The van der Waals surface area contributed by atoms with E-state index in [9.17, 15) is 13.2 Å². The summed E-state index contributed by atoms with van der Waals surface area (Å²) >= 11 is 0. The predicted octanol–water partition coefficient (Wildman–Crippen LogP) is 4.85. The van der Waals surface area contributed by atoms with E-state index in [0.29, 0.717) is 43.1 Å². The normalized spacial score (nSPS) is 14.7. The number of nitrogen functional groups attached to an aromatic ring is 1. The Labute approximate surface area is 234 Å². The number of hydrogen-bond donors (Lipinski definition) is 3.